The molecular weight excluding hydrogens is 617 g/mol. The van der Waals surface area contributed by atoms with E-state index in [0.717, 1.165) is 16.9 Å². The van der Waals surface area contributed by atoms with E-state index in [2.05, 4.69) is 5.32 Å². The van der Waals surface area contributed by atoms with E-state index in [1.807, 2.05) is 41.8 Å². The van der Waals surface area contributed by atoms with Crippen molar-refractivity contribution < 1.29 is 22.7 Å². The van der Waals surface area contributed by atoms with E-state index in [1.165, 1.54) is 10.6 Å². The number of esters is 1. The minimum atomic E-state index is -3.52. The molecule has 3 aromatic rings. The molecular formula is C28H41Cl2N7O5S. The Bertz CT molecular complexity index is 1500. The number of nitrogens with two attached hydrogens (primary N) is 1. The van der Waals surface area contributed by atoms with Gasteiger partial charge in [-0.1, -0.05) is 24.3 Å². The van der Waals surface area contributed by atoms with Crippen LogP contribution < -0.4 is 15.4 Å². The summed E-state index contributed by atoms with van der Waals surface area (Å²) < 4.78 is 33.4. The number of amidine groups is 1. The van der Waals surface area contributed by atoms with Gasteiger partial charge in [0.15, 0.2) is 0 Å². The predicted octanol–water partition coefficient (Wildman–Crippen LogP) is 2.54. The highest BCUT2D eigenvalue weighted by atomic mass is 35.5. The van der Waals surface area contributed by atoms with Gasteiger partial charge in [-0.3, -0.25) is 19.3 Å². The van der Waals surface area contributed by atoms with Gasteiger partial charge < -0.3 is 25.3 Å². The van der Waals surface area contributed by atoms with Crippen LogP contribution in [-0.2, 0) is 37.3 Å². The molecule has 43 heavy (non-hydrogen) atoms. The number of rotatable bonds is 15. The molecule has 1 aromatic heterocycles. The molecule has 15 heteroatoms. The Morgan fingerprint density at radius 2 is 1.77 bits per heavy atom. The molecule has 4 N–H and O–H groups in total. The molecule has 0 bridgehead atoms. The molecule has 0 unspecified atom stereocenters. The molecule has 3 rings (SSSR count). The lowest BCUT2D eigenvalue weighted by atomic mass is 10.1. The number of likely N-dealkylation sites (N-methyl/N-ethyl adjacent to an activating group) is 1. The zero-order valence-electron chi connectivity index (χ0n) is 24.8. The molecule has 0 aliphatic carbocycles. The van der Waals surface area contributed by atoms with Crippen LogP contribution in [0, 0.1) is 5.41 Å². The third-order valence-corrected chi connectivity index (χ3v) is 7.59. The maximum atomic E-state index is 12.6. The van der Waals surface area contributed by atoms with Crippen molar-refractivity contribution in [1.29, 1.82) is 5.41 Å². The summed E-state index contributed by atoms with van der Waals surface area (Å²) in [6.07, 6.45) is 2.37. The largest absolute Gasteiger partial charge is 0.465 e. The molecule has 0 radical (unpaired) electrons. The summed E-state index contributed by atoms with van der Waals surface area (Å²) in [5, 5.41) is 10.2. The topological polar surface area (TPSA) is 164 Å². The number of sulfonamides is 1. The smallest absolute Gasteiger partial charge is 0.325 e. The number of carbonyl (C=O) groups is 2. The lowest BCUT2D eigenvalue weighted by Crippen LogP contribution is -2.36. The number of imidazole rings is 1. The number of aromatic nitrogens is 2. The van der Waals surface area contributed by atoms with E-state index in [1.54, 1.807) is 31.2 Å². The van der Waals surface area contributed by atoms with Crippen molar-refractivity contribution in [3.63, 3.8) is 0 Å². The molecule has 0 aliphatic heterocycles. The van der Waals surface area contributed by atoms with Crippen LogP contribution in [0.1, 0.15) is 36.7 Å². The highest BCUT2D eigenvalue weighted by Gasteiger charge is 2.20. The van der Waals surface area contributed by atoms with Gasteiger partial charge in [-0.05, 0) is 51.2 Å². The molecule has 2 aromatic carbocycles. The fraction of sp³-hybridized carbons (Fsp3) is 0.429. The van der Waals surface area contributed by atoms with Gasteiger partial charge in [-0.15, -0.1) is 24.8 Å². The minimum Gasteiger partial charge on any atom is -0.465 e. The first-order valence-electron chi connectivity index (χ1n) is 13.4. The van der Waals surface area contributed by atoms with Gasteiger partial charge in [0.1, 0.15) is 18.2 Å². The Balaban J connectivity index is 0.00000462. The second kappa shape index (κ2) is 17.0. The van der Waals surface area contributed by atoms with Gasteiger partial charge in [-0.2, -0.15) is 0 Å². The van der Waals surface area contributed by atoms with Crippen LogP contribution in [0.4, 0.5) is 5.69 Å². The SMILES string of the molecule is CCOC(=O)CNC(=O)CCCn1c(Cc2ccc(C(=N)N)cc2)nc2cc(N(CCN(C)C)S(C)(=O)=O)ccc21.Cl.Cl. The summed E-state index contributed by atoms with van der Waals surface area (Å²) in [6, 6.07) is 12.7. The second-order valence-corrected chi connectivity index (χ2v) is 11.9. The number of hydrogen-bond donors (Lipinski definition) is 3. The number of nitrogens with zero attached hydrogens (tertiary/aromatic N) is 4. The molecule has 1 amide bonds. The van der Waals surface area contributed by atoms with Crippen LogP contribution in [-0.4, -0.2) is 87.2 Å². The van der Waals surface area contributed by atoms with E-state index < -0.39 is 16.0 Å². The summed E-state index contributed by atoms with van der Waals surface area (Å²) in [4.78, 5) is 30.6. The summed E-state index contributed by atoms with van der Waals surface area (Å²) in [6.45, 7) is 3.13. The molecule has 0 atom stereocenters. The van der Waals surface area contributed by atoms with Crippen molar-refractivity contribution in [3.05, 3.63) is 59.4 Å². The second-order valence-electron chi connectivity index (χ2n) is 9.96. The Morgan fingerprint density at radius 1 is 1.09 bits per heavy atom. The summed E-state index contributed by atoms with van der Waals surface area (Å²) in [7, 11) is 0.256. The summed E-state index contributed by atoms with van der Waals surface area (Å²) in [5.41, 5.74) is 9.16. The van der Waals surface area contributed by atoms with Crippen molar-refractivity contribution in [3.8, 4) is 0 Å². The van der Waals surface area contributed by atoms with Crippen LogP contribution in [0.15, 0.2) is 42.5 Å². The van der Waals surface area contributed by atoms with Gasteiger partial charge in [0.2, 0.25) is 15.9 Å². The number of ether oxygens (including phenoxy) is 1. The number of hydrogen-bond acceptors (Lipinski definition) is 8. The van der Waals surface area contributed by atoms with E-state index in [9.17, 15) is 18.0 Å². The van der Waals surface area contributed by atoms with Crippen LogP contribution >= 0.6 is 24.8 Å². The molecule has 12 nitrogen and oxygen atoms in total. The molecule has 238 valence electrons. The van der Waals surface area contributed by atoms with Crippen molar-refractivity contribution in [1.82, 2.24) is 19.8 Å². The number of halogens is 2. The number of aryl methyl sites for hydroxylation is 1. The summed E-state index contributed by atoms with van der Waals surface area (Å²) >= 11 is 0. The number of fused-ring (bicyclic) bond motifs is 1. The molecule has 0 aliphatic rings. The number of carbonyl (C=O) groups excluding carboxylic acids is 2. The standard InChI is InChI=1S/C28H39N7O5S.2ClH/c1-5-40-27(37)19-31-26(36)7-6-14-34-24-13-12-22(35(41(4,38)39)16-15-33(2)3)18-23(24)32-25(34)17-20-8-10-21(11-9-20)28(29)30;;/h8-13,18H,5-7,14-17,19H2,1-4H3,(H3,29,30)(H,31,36);2*1H. The van der Waals surface area contributed by atoms with Gasteiger partial charge in [0.05, 0.1) is 29.6 Å². The Hall–Kier alpha value is -3.39. The highest BCUT2D eigenvalue weighted by molar-refractivity contribution is 7.92. The first kappa shape index (κ1) is 37.6. The third kappa shape index (κ3) is 11.0. The lowest BCUT2D eigenvalue weighted by molar-refractivity contribution is -0.143. The Kier molecular flexibility index (Phi) is 14.9. The van der Waals surface area contributed by atoms with Crippen LogP contribution in [0.25, 0.3) is 11.0 Å². The zero-order chi connectivity index (χ0) is 30.2. The van der Waals surface area contributed by atoms with E-state index in [0.29, 0.717) is 49.2 Å². The Labute approximate surface area is 265 Å². The van der Waals surface area contributed by atoms with Crippen LogP contribution in [0.3, 0.4) is 0 Å². The third-order valence-electron chi connectivity index (χ3n) is 6.40. The number of nitrogens with one attached hydrogen (secondary N) is 2. The monoisotopic (exact) mass is 657 g/mol. The Morgan fingerprint density at radius 3 is 2.35 bits per heavy atom. The van der Waals surface area contributed by atoms with Crippen LogP contribution in [0.5, 0.6) is 0 Å². The van der Waals surface area contributed by atoms with Crippen molar-refractivity contribution in [2.75, 3.05) is 50.9 Å². The first-order valence-corrected chi connectivity index (χ1v) is 15.2. The molecule has 0 fully saturated rings. The lowest BCUT2D eigenvalue weighted by Gasteiger charge is -2.24. The van der Waals surface area contributed by atoms with E-state index >= 15 is 0 Å². The maximum absolute atomic E-state index is 12.6. The van der Waals surface area contributed by atoms with Crippen LogP contribution in [0.2, 0.25) is 0 Å². The molecule has 0 saturated carbocycles. The van der Waals surface area contributed by atoms with Crippen molar-refractivity contribution in [2.45, 2.75) is 32.7 Å². The average molecular weight is 659 g/mol. The minimum absolute atomic E-state index is 0. The van der Waals surface area contributed by atoms with Gasteiger partial charge >= 0.3 is 5.97 Å². The van der Waals surface area contributed by atoms with Gasteiger partial charge in [0.25, 0.3) is 0 Å². The maximum Gasteiger partial charge on any atom is 0.325 e. The molecule has 0 saturated heterocycles. The summed E-state index contributed by atoms with van der Waals surface area (Å²) in [5.74, 6) is 0.000903. The number of benzene rings is 2. The first-order chi connectivity index (χ1) is 19.4. The quantitative estimate of drug-likeness (QED) is 0.127. The predicted molar refractivity (Wildman–Crippen MR) is 174 cm³/mol. The number of amides is 1. The number of anilines is 1. The van der Waals surface area contributed by atoms with Crippen molar-refractivity contribution >= 4 is 69.3 Å². The fourth-order valence-electron chi connectivity index (χ4n) is 4.34. The van der Waals surface area contributed by atoms with E-state index in [-0.39, 0.29) is 56.1 Å². The highest BCUT2D eigenvalue weighted by Crippen LogP contribution is 2.26. The number of nitrogen functional groups attached to an aromatic ring is 1. The van der Waals surface area contributed by atoms with Crippen molar-refractivity contribution in [2.24, 2.45) is 5.73 Å². The fourth-order valence-corrected chi connectivity index (χ4v) is 5.25. The average Bonchev–Trinajstić information content (AvgIpc) is 3.23. The van der Waals surface area contributed by atoms with Gasteiger partial charge in [-0.25, -0.2) is 13.4 Å². The zero-order valence-corrected chi connectivity index (χ0v) is 27.3. The molecule has 1 heterocycles. The van der Waals surface area contributed by atoms with Gasteiger partial charge in [0, 0.05) is 38.0 Å². The molecule has 0 spiro atoms. The normalized spacial score (nSPS) is 11.0. The van der Waals surface area contributed by atoms with E-state index in [4.69, 9.17) is 20.9 Å².